The molecular formula is C44H90NO7P. The number of unbranched alkanes of at least 4 members (excludes halogenated alkanes) is 29. The molecule has 0 radical (unpaired) electrons. The van der Waals surface area contributed by atoms with Gasteiger partial charge in [0.2, 0.25) is 0 Å². The second-order valence-corrected chi connectivity index (χ2v) is 18.2. The van der Waals surface area contributed by atoms with Crippen molar-refractivity contribution in [1.82, 2.24) is 0 Å². The molecule has 0 aromatic carbocycles. The van der Waals surface area contributed by atoms with Crippen LogP contribution in [0.4, 0.5) is 0 Å². The van der Waals surface area contributed by atoms with Crippen molar-refractivity contribution in [1.29, 1.82) is 0 Å². The summed E-state index contributed by atoms with van der Waals surface area (Å²) in [7, 11) is 1.37. The Kier molecular flexibility index (Phi) is 38.0. The van der Waals surface area contributed by atoms with Gasteiger partial charge < -0.3 is 27.9 Å². The number of quaternary nitrogens is 1. The number of carbonyl (C=O) groups excluding carboxylic acids is 1. The molecule has 0 saturated carbocycles. The zero-order valence-corrected chi connectivity index (χ0v) is 36.9. The molecule has 0 aliphatic heterocycles. The number of ether oxygens (including phenoxy) is 2. The Labute approximate surface area is 329 Å². The number of phosphoric ester groups is 1. The van der Waals surface area contributed by atoms with Crippen molar-refractivity contribution >= 4 is 13.8 Å². The smallest absolute Gasteiger partial charge is 0.306 e. The molecule has 318 valence electrons. The van der Waals surface area contributed by atoms with E-state index in [9.17, 15) is 14.3 Å². The van der Waals surface area contributed by atoms with Gasteiger partial charge in [0, 0.05) is 13.0 Å². The Morgan fingerprint density at radius 3 is 1.25 bits per heavy atom. The van der Waals surface area contributed by atoms with Gasteiger partial charge >= 0.3 is 5.97 Å². The van der Waals surface area contributed by atoms with Crippen LogP contribution in [0, 0.1) is 0 Å². The van der Waals surface area contributed by atoms with Crippen molar-refractivity contribution in [2.24, 2.45) is 0 Å². The number of nitrogens with zero attached hydrogens (tertiary/aromatic N) is 1. The minimum absolute atomic E-state index is 0.0306. The van der Waals surface area contributed by atoms with Crippen LogP contribution in [0.1, 0.15) is 219 Å². The van der Waals surface area contributed by atoms with Crippen molar-refractivity contribution in [2.45, 2.75) is 225 Å². The summed E-state index contributed by atoms with van der Waals surface area (Å²) >= 11 is 0. The maximum absolute atomic E-state index is 12.5. The number of esters is 1. The Morgan fingerprint density at radius 2 is 0.868 bits per heavy atom. The van der Waals surface area contributed by atoms with Crippen LogP contribution in [-0.2, 0) is 27.9 Å². The lowest BCUT2D eigenvalue weighted by atomic mass is 10.0. The van der Waals surface area contributed by atoms with Gasteiger partial charge in [-0.15, -0.1) is 0 Å². The highest BCUT2D eigenvalue weighted by Crippen LogP contribution is 2.38. The van der Waals surface area contributed by atoms with Crippen LogP contribution in [0.15, 0.2) is 0 Å². The minimum atomic E-state index is -4.51. The van der Waals surface area contributed by atoms with E-state index in [-0.39, 0.29) is 25.8 Å². The lowest BCUT2D eigenvalue weighted by Gasteiger charge is -2.28. The zero-order chi connectivity index (χ0) is 39.1. The number of hydrogen-bond acceptors (Lipinski definition) is 7. The summed E-state index contributed by atoms with van der Waals surface area (Å²) < 4.78 is 34.4. The predicted octanol–water partition coefficient (Wildman–Crippen LogP) is 12.6. The van der Waals surface area contributed by atoms with Gasteiger partial charge in [-0.2, -0.15) is 0 Å². The molecule has 0 rings (SSSR count). The lowest BCUT2D eigenvalue weighted by Crippen LogP contribution is -2.37. The number of phosphoric acid groups is 1. The van der Waals surface area contributed by atoms with E-state index in [2.05, 4.69) is 13.8 Å². The number of hydrogen-bond donors (Lipinski definition) is 0. The SMILES string of the molecule is CCCCCCCCCCCCCCCCCCCCCCCCCCCOCC(COP(=O)([O-])OCC[N+](C)(C)C)OC(=O)CCCCCCCC. The van der Waals surface area contributed by atoms with Gasteiger partial charge in [-0.1, -0.05) is 200 Å². The molecule has 0 heterocycles. The first kappa shape index (κ1) is 52.5. The van der Waals surface area contributed by atoms with Gasteiger partial charge in [-0.25, -0.2) is 0 Å². The first-order valence-corrected chi connectivity index (χ1v) is 24.2. The van der Waals surface area contributed by atoms with E-state index in [0.29, 0.717) is 24.1 Å². The average Bonchev–Trinajstić information content (AvgIpc) is 3.11. The number of rotatable bonds is 43. The molecule has 0 amide bonds. The first-order valence-electron chi connectivity index (χ1n) is 22.8. The van der Waals surface area contributed by atoms with Crippen molar-refractivity contribution in [3.8, 4) is 0 Å². The maximum atomic E-state index is 12.5. The highest BCUT2D eigenvalue weighted by Gasteiger charge is 2.20. The quantitative estimate of drug-likeness (QED) is 0.0263. The third kappa shape index (κ3) is 42.5. The van der Waals surface area contributed by atoms with Gasteiger partial charge in [0.15, 0.2) is 0 Å². The number of carbonyl (C=O) groups is 1. The van der Waals surface area contributed by atoms with Gasteiger partial charge in [0.05, 0.1) is 34.4 Å². The van der Waals surface area contributed by atoms with Gasteiger partial charge in [-0.3, -0.25) is 9.36 Å². The second kappa shape index (κ2) is 38.4. The van der Waals surface area contributed by atoms with Crippen LogP contribution in [0.5, 0.6) is 0 Å². The minimum Gasteiger partial charge on any atom is -0.756 e. The van der Waals surface area contributed by atoms with E-state index in [1.54, 1.807) is 0 Å². The normalized spacial score (nSPS) is 13.7. The molecule has 8 nitrogen and oxygen atoms in total. The number of likely N-dealkylation sites (N-methyl/N-ethyl adjacent to an activating group) is 1. The largest absolute Gasteiger partial charge is 0.756 e. The fraction of sp³-hybridized carbons (Fsp3) is 0.977. The van der Waals surface area contributed by atoms with Crippen LogP contribution in [-0.4, -0.2) is 70.7 Å². The molecule has 0 aromatic rings. The summed E-state index contributed by atoms with van der Waals surface area (Å²) in [6.07, 6.45) is 40.2. The average molecular weight is 776 g/mol. The summed E-state index contributed by atoms with van der Waals surface area (Å²) in [4.78, 5) is 24.8. The van der Waals surface area contributed by atoms with E-state index in [0.717, 1.165) is 32.1 Å². The van der Waals surface area contributed by atoms with Gasteiger partial charge in [0.1, 0.15) is 19.3 Å². The molecule has 2 atom stereocenters. The van der Waals surface area contributed by atoms with Crippen molar-refractivity contribution in [2.75, 3.05) is 54.1 Å². The third-order valence-corrected chi connectivity index (χ3v) is 11.1. The van der Waals surface area contributed by atoms with E-state index < -0.39 is 13.9 Å². The van der Waals surface area contributed by atoms with Gasteiger partial charge in [0.25, 0.3) is 7.82 Å². The second-order valence-electron chi connectivity index (χ2n) is 16.8. The summed E-state index contributed by atoms with van der Waals surface area (Å²) in [6, 6.07) is 0. The zero-order valence-electron chi connectivity index (χ0n) is 36.0. The molecule has 53 heavy (non-hydrogen) atoms. The molecule has 0 bridgehead atoms. The van der Waals surface area contributed by atoms with Crippen molar-refractivity contribution in [3.63, 3.8) is 0 Å². The van der Waals surface area contributed by atoms with Crippen LogP contribution in [0.3, 0.4) is 0 Å². The summed E-state index contributed by atoms with van der Waals surface area (Å²) in [5.41, 5.74) is 0. The Hall–Kier alpha value is -0.500. The lowest BCUT2D eigenvalue weighted by molar-refractivity contribution is -0.870. The van der Waals surface area contributed by atoms with Gasteiger partial charge in [-0.05, 0) is 12.8 Å². The third-order valence-electron chi connectivity index (χ3n) is 10.2. The van der Waals surface area contributed by atoms with Crippen molar-refractivity contribution in [3.05, 3.63) is 0 Å². The molecule has 0 aromatic heterocycles. The fourth-order valence-electron chi connectivity index (χ4n) is 6.61. The summed E-state index contributed by atoms with van der Waals surface area (Å²) in [5.74, 6) is -0.339. The maximum Gasteiger partial charge on any atom is 0.306 e. The molecule has 0 N–H and O–H groups in total. The Morgan fingerprint density at radius 1 is 0.509 bits per heavy atom. The molecule has 0 spiro atoms. The Balaban J connectivity index is 3.85. The summed E-state index contributed by atoms with van der Waals surface area (Å²) in [5, 5.41) is 0. The molecule has 0 aliphatic rings. The molecule has 0 fully saturated rings. The summed E-state index contributed by atoms with van der Waals surface area (Å²) in [6.45, 7) is 5.40. The molecule has 0 aliphatic carbocycles. The highest BCUT2D eigenvalue weighted by molar-refractivity contribution is 7.45. The topological polar surface area (TPSA) is 94.1 Å². The molecule has 2 unspecified atom stereocenters. The standard InChI is InChI=1S/C44H90NO7P/c1-6-8-10-12-14-15-16-17-18-19-20-21-22-23-24-25-26-27-28-29-30-31-32-34-36-39-49-41-43(52-44(46)37-35-33-13-11-9-7-2)42-51-53(47,48)50-40-38-45(3,4)5/h43H,6-42H2,1-5H3. The van der Waals surface area contributed by atoms with Crippen LogP contribution in [0.25, 0.3) is 0 Å². The van der Waals surface area contributed by atoms with E-state index in [1.807, 2.05) is 21.1 Å². The van der Waals surface area contributed by atoms with E-state index in [1.165, 1.54) is 167 Å². The van der Waals surface area contributed by atoms with Crippen LogP contribution < -0.4 is 4.89 Å². The monoisotopic (exact) mass is 776 g/mol. The van der Waals surface area contributed by atoms with Crippen LogP contribution in [0.2, 0.25) is 0 Å². The van der Waals surface area contributed by atoms with Crippen molar-refractivity contribution < 1.29 is 37.3 Å². The Bertz CT molecular complexity index is 822. The first-order chi connectivity index (χ1) is 25.6. The van der Waals surface area contributed by atoms with Crippen LogP contribution >= 0.6 is 7.82 Å². The molecule has 9 heteroatoms. The fourth-order valence-corrected chi connectivity index (χ4v) is 7.34. The molecular weight excluding hydrogens is 685 g/mol. The highest BCUT2D eigenvalue weighted by atomic mass is 31.2. The molecule has 0 saturated heterocycles. The predicted molar refractivity (Wildman–Crippen MR) is 222 cm³/mol. The van der Waals surface area contributed by atoms with E-state index in [4.69, 9.17) is 18.5 Å². The van der Waals surface area contributed by atoms with E-state index >= 15 is 0 Å².